The van der Waals surface area contributed by atoms with Gasteiger partial charge in [-0.2, -0.15) is 0 Å². The van der Waals surface area contributed by atoms with E-state index >= 15 is 0 Å². The normalized spacial score (nSPS) is 10.1. The SMILES string of the molecule is COc1ccccc1C(=O)Nc1ccc(CCCl)cc1. The Morgan fingerprint density at radius 3 is 2.50 bits per heavy atom. The number of carbonyl (C=O) groups excluding carboxylic acids is 1. The van der Waals surface area contributed by atoms with Gasteiger partial charge >= 0.3 is 0 Å². The number of methoxy groups -OCH3 is 1. The molecule has 0 aliphatic carbocycles. The van der Waals surface area contributed by atoms with Gasteiger partial charge in [0.15, 0.2) is 0 Å². The van der Waals surface area contributed by atoms with E-state index in [-0.39, 0.29) is 5.91 Å². The van der Waals surface area contributed by atoms with Gasteiger partial charge in [0.2, 0.25) is 0 Å². The summed E-state index contributed by atoms with van der Waals surface area (Å²) in [7, 11) is 1.55. The van der Waals surface area contributed by atoms with Gasteiger partial charge in [0, 0.05) is 11.6 Å². The fourth-order valence-corrected chi connectivity index (χ4v) is 2.11. The van der Waals surface area contributed by atoms with Crippen LogP contribution in [0.5, 0.6) is 5.75 Å². The van der Waals surface area contributed by atoms with Crippen LogP contribution in [0.3, 0.4) is 0 Å². The number of benzene rings is 2. The van der Waals surface area contributed by atoms with Crippen LogP contribution in [0.15, 0.2) is 48.5 Å². The fourth-order valence-electron chi connectivity index (χ4n) is 1.89. The maximum atomic E-state index is 12.2. The Balaban J connectivity index is 2.11. The zero-order valence-corrected chi connectivity index (χ0v) is 12.0. The summed E-state index contributed by atoms with van der Waals surface area (Å²) in [5.74, 6) is 0.962. The highest BCUT2D eigenvalue weighted by molar-refractivity contribution is 6.18. The molecule has 0 bridgehead atoms. The number of anilines is 1. The van der Waals surface area contributed by atoms with Crippen LogP contribution in [-0.4, -0.2) is 18.9 Å². The minimum absolute atomic E-state index is 0.187. The number of ether oxygens (including phenoxy) is 1. The number of nitrogens with one attached hydrogen (secondary N) is 1. The Morgan fingerprint density at radius 1 is 1.15 bits per heavy atom. The van der Waals surface area contributed by atoms with Crippen molar-refractivity contribution >= 4 is 23.2 Å². The molecule has 0 spiro atoms. The molecule has 1 amide bonds. The minimum atomic E-state index is -0.187. The molecule has 0 saturated heterocycles. The summed E-state index contributed by atoms with van der Waals surface area (Å²) >= 11 is 5.69. The van der Waals surface area contributed by atoms with Crippen molar-refractivity contribution in [1.82, 2.24) is 0 Å². The van der Waals surface area contributed by atoms with E-state index in [1.54, 1.807) is 25.3 Å². The lowest BCUT2D eigenvalue weighted by molar-refractivity contribution is 0.102. The van der Waals surface area contributed by atoms with Crippen LogP contribution in [0, 0.1) is 0 Å². The third kappa shape index (κ3) is 3.52. The van der Waals surface area contributed by atoms with Crippen molar-refractivity contribution in [3.8, 4) is 5.75 Å². The first-order valence-corrected chi connectivity index (χ1v) is 6.87. The topological polar surface area (TPSA) is 38.3 Å². The van der Waals surface area contributed by atoms with E-state index in [0.29, 0.717) is 17.2 Å². The quantitative estimate of drug-likeness (QED) is 0.852. The smallest absolute Gasteiger partial charge is 0.259 e. The highest BCUT2D eigenvalue weighted by Crippen LogP contribution is 2.19. The average molecular weight is 290 g/mol. The highest BCUT2D eigenvalue weighted by atomic mass is 35.5. The Kier molecular flexibility index (Phi) is 5.02. The second-order valence-electron chi connectivity index (χ2n) is 4.29. The van der Waals surface area contributed by atoms with E-state index < -0.39 is 0 Å². The molecule has 2 aromatic rings. The van der Waals surface area contributed by atoms with Crippen molar-refractivity contribution in [2.24, 2.45) is 0 Å². The van der Waals surface area contributed by atoms with Gasteiger partial charge in [-0.1, -0.05) is 24.3 Å². The number of aryl methyl sites for hydroxylation is 1. The van der Waals surface area contributed by atoms with Gasteiger partial charge < -0.3 is 10.1 Å². The molecule has 2 aromatic carbocycles. The van der Waals surface area contributed by atoms with Gasteiger partial charge in [0.25, 0.3) is 5.91 Å². The first-order chi connectivity index (χ1) is 9.74. The van der Waals surface area contributed by atoms with E-state index in [1.165, 1.54) is 0 Å². The van der Waals surface area contributed by atoms with Gasteiger partial charge in [-0.05, 0) is 36.2 Å². The third-order valence-electron chi connectivity index (χ3n) is 2.95. The van der Waals surface area contributed by atoms with E-state index in [0.717, 1.165) is 17.7 Å². The molecule has 2 rings (SSSR count). The molecule has 20 heavy (non-hydrogen) atoms. The Bertz CT molecular complexity index is 581. The van der Waals surface area contributed by atoms with Crippen molar-refractivity contribution in [3.63, 3.8) is 0 Å². The van der Waals surface area contributed by atoms with Crippen molar-refractivity contribution in [1.29, 1.82) is 0 Å². The number of hydrogen-bond donors (Lipinski definition) is 1. The molecule has 0 fully saturated rings. The number of rotatable bonds is 5. The summed E-state index contributed by atoms with van der Waals surface area (Å²) in [4.78, 5) is 12.2. The number of alkyl halides is 1. The van der Waals surface area contributed by atoms with Crippen LogP contribution in [0.1, 0.15) is 15.9 Å². The Morgan fingerprint density at radius 2 is 1.85 bits per heavy atom. The molecule has 4 heteroatoms. The maximum Gasteiger partial charge on any atom is 0.259 e. The summed E-state index contributed by atoms with van der Waals surface area (Å²) in [5.41, 5.74) is 2.41. The van der Waals surface area contributed by atoms with Gasteiger partial charge in [-0.25, -0.2) is 0 Å². The van der Waals surface area contributed by atoms with Crippen molar-refractivity contribution in [2.45, 2.75) is 6.42 Å². The van der Waals surface area contributed by atoms with Crippen molar-refractivity contribution in [2.75, 3.05) is 18.3 Å². The molecule has 0 aromatic heterocycles. The summed E-state index contributed by atoms with van der Waals surface area (Å²) in [6.45, 7) is 0. The van der Waals surface area contributed by atoms with Gasteiger partial charge in [0.1, 0.15) is 5.75 Å². The van der Waals surface area contributed by atoms with Gasteiger partial charge in [-0.15, -0.1) is 11.6 Å². The Hall–Kier alpha value is -2.00. The summed E-state index contributed by atoms with van der Waals surface area (Å²) in [6, 6.07) is 14.8. The maximum absolute atomic E-state index is 12.2. The molecule has 104 valence electrons. The van der Waals surface area contributed by atoms with Crippen LogP contribution in [-0.2, 0) is 6.42 Å². The summed E-state index contributed by atoms with van der Waals surface area (Å²) in [5, 5.41) is 2.85. The fraction of sp³-hybridized carbons (Fsp3) is 0.188. The molecule has 0 saturated carbocycles. The van der Waals surface area contributed by atoms with Crippen LogP contribution in [0.2, 0.25) is 0 Å². The second-order valence-corrected chi connectivity index (χ2v) is 4.67. The van der Waals surface area contributed by atoms with E-state index in [9.17, 15) is 4.79 Å². The monoisotopic (exact) mass is 289 g/mol. The molecule has 0 atom stereocenters. The number of halogens is 1. The number of para-hydroxylation sites is 1. The predicted molar refractivity (Wildman–Crippen MR) is 81.8 cm³/mol. The molecule has 0 unspecified atom stereocenters. The van der Waals surface area contributed by atoms with Crippen molar-refractivity contribution in [3.05, 3.63) is 59.7 Å². The molecule has 0 aliphatic rings. The van der Waals surface area contributed by atoms with Crippen LogP contribution < -0.4 is 10.1 Å². The largest absolute Gasteiger partial charge is 0.496 e. The van der Waals surface area contributed by atoms with Crippen LogP contribution in [0.4, 0.5) is 5.69 Å². The molecule has 1 N–H and O–H groups in total. The van der Waals surface area contributed by atoms with Crippen molar-refractivity contribution < 1.29 is 9.53 Å². The van der Waals surface area contributed by atoms with Gasteiger partial charge in [0.05, 0.1) is 12.7 Å². The first kappa shape index (κ1) is 14.4. The number of amides is 1. The zero-order chi connectivity index (χ0) is 14.4. The van der Waals surface area contributed by atoms with E-state index in [1.807, 2.05) is 30.3 Å². The third-order valence-corrected chi connectivity index (χ3v) is 3.14. The lowest BCUT2D eigenvalue weighted by Crippen LogP contribution is -2.13. The lowest BCUT2D eigenvalue weighted by atomic mass is 10.1. The number of hydrogen-bond acceptors (Lipinski definition) is 2. The zero-order valence-electron chi connectivity index (χ0n) is 11.2. The molecule has 0 radical (unpaired) electrons. The molecule has 3 nitrogen and oxygen atoms in total. The van der Waals surface area contributed by atoms with Crippen LogP contribution in [0.25, 0.3) is 0 Å². The minimum Gasteiger partial charge on any atom is -0.496 e. The predicted octanol–water partition coefficient (Wildman–Crippen LogP) is 3.73. The molecule has 0 aliphatic heterocycles. The summed E-state index contributed by atoms with van der Waals surface area (Å²) < 4.78 is 5.18. The second kappa shape index (κ2) is 6.96. The first-order valence-electron chi connectivity index (χ1n) is 6.34. The van der Waals surface area contributed by atoms with E-state index in [4.69, 9.17) is 16.3 Å². The molecular formula is C16H16ClNO2. The lowest BCUT2D eigenvalue weighted by Gasteiger charge is -2.09. The van der Waals surface area contributed by atoms with Crippen LogP contribution >= 0.6 is 11.6 Å². The molecule has 0 heterocycles. The summed E-state index contributed by atoms with van der Waals surface area (Å²) in [6.07, 6.45) is 0.822. The number of carbonyl (C=O) groups is 1. The Labute approximate surface area is 123 Å². The average Bonchev–Trinajstić information content (AvgIpc) is 2.49. The van der Waals surface area contributed by atoms with Gasteiger partial charge in [-0.3, -0.25) is 4.79 Å². The standard InChI is InChI=1S/C16H16ClNO2/c1-20-15-5-3-2-4-14(15)16(19)18-13-8-6-12(7-9-13)10-11-17/h2-9H,10-11H2,1H3,(H,18,19). The van der Waals surface area contributed by atoms with E-state index in [2.05, 4.69) is 5.32 Å². The highest BCUT2D eigenvalue weighted by Gasteiger charge is 2.11. The molecular weight excluding hydrogens is 274 g/mol.